The largest absolute Gasteiger partial charge is 0.457 e. The molecule has 0 aliphatic carbocycles. The lowest BCUT2D eigenvalue weighted by molar-refractivity contribution is 0.0240. The van der Waals surface area contributed by atoms with Crippen LogP contribution in [0.3, 0.4) is 0 Å². The van der Waals surface area contributed by atoms with Crippen molar-refractivity contribution in [2.45, 2.75) is 52.6 Å². The monoisotopic (exact) mass is 681 g/mol. The maximum absolute atomic E-state index is 15.1. The number of halogens is 2. The van der Waals surface area contributed by atoms with Crippen molar-refractivity contribution in [3.05, 3.63) is 66.8 Å². The van der Waals surface area contributed by atoms with E-state index in [1.54, 1.807) is 46.4 Å². The van der Waals surface area contributed by atoms with Gasteiger partial charge in [0.05, 0.1) is 23.8 Å². The number of carbonyl (C=O) groups is 2. The van der Waals surface area contributed by atoms with E-state index in [1.165, 1.54) is 12.1 Å². The van der Waals surface area contributed by atoms with Crippen molar-refractivity contribution in [3.8, 4) is 22.8 Å². The Kier molecular flexibility index (Phi) is 10.8. The quantitative estimate of drug-likeness (QED) is 0.230. The minimum Gasteiger partial charge on any atom is -0.457 e. The fraction of sp³-hybridized carbons (Fsp3) is 0.394. The number of ether oxygens (including phenoxy) is 2. The highest BCUT2D eigenvalue weighted by Gasteiger charge is 2.29. The van der Waals surface area contributed by atoms with Crippen LogP contribution >= 0.6 is 12.4 Å². The zero-order valence-corrected chi connectivity index (χ0v) is 28.9. The van der Waals surface area contributed by atoms with Gasteiger partial charge in [0, 0.05) is 68.7 Å². The third-order valence-corrected chi connectivity index (χ3v) is 7.08. The Bertz CT molecular complexity index is 1760. The van der Waals surface area contributed by atoms with Gasteiger partial charge in [-0.15, -0.1) is 12.4 Å². The van der Waals surface area contributed by atoms with E-state index in [9.17, 15) is 9.59 Å². The Hall–Kier alpha value is -4.98. The van der Waals surface area contributed by atoms with E-state index in [-0.39, 0.29) is 35.4 Å². The third-order valence-electron chi connectivity index (χ3n) is 7.08. The van der Waals surface area contributed by atoms with Gasteiger partial charge in [0.2, 0.25) is 0 Å². The lowest BCUT2D eigenvalue weighted by Crippen LogP contribution is -2.50. The molecule has 1 aromatic carbocycles. The molecule has 4 heterocycles. The second-order valence-corrected chi connectivity index (χ2v) is 13.2. The zero-order chi connectivity index (χ0) is 33.9. The molecular formula is C33H41ClFN9O4. The number of pyridine rings is 1. The Morgan fingerprint density at radius 1 is 0.896 bits per heavy atom. The summed E-state index contributed by atoms with van der Waals surface area (Å²) in [4.78, 5) is 42.9. The summed E-state index contributed by atoms with van der Waals surface area (Å²) in [6, 6.07) is 6.89. The number of rotatable bonds is 6. The smallest absolute Gasteiger partial charge is 0.410 e. The highest BCUT2D eigenvalue weighted by atomic mass is 35.5. The number of aryl methyl sites for hydroxylation is 1. The zero-order valence-electron chi connectivity index (χ0n) is 28.1. The van der Waals surface area contributed by atoms with Crippen LogP contribution in [0.25, 0.3) is 11.3 Å². The SMILES string of the molecule is Cl.Cn1cc(-c2cc(Oc3ccc(NC(=O)Nc4cnc(C(C)(C)C)nc4N4CCN(C(=O)OC(C)(C)C)CC4)c(F)c3)ccn2)cn1. The van der Waals surface area contributed by atoms with Crippen molar-refractivity contribution in [1.29, 1.82) is 0 Å². The van der Waals surface area contributed by atoms with Crippen molar-refractivity contribution >= 4 is 41.7 Å². The van der Waals surface area contributed by atoms with Gasteiger partial charge in [-0.25, -0.2) is 23.9 Å². The number of aromatic nitrogens is 5. The van der Waals surface area contributed by atoms with E-state index >= 15 is 4.39 Å². The van der Waals surface area contributed by atoms with Gasteiger partial charge in [-0.2, -0.15) is 5.10 Å². The summed E-state index contributed by atoms with van der Waals surface area (Å²) in [5, 5.41) is 9.49. The summed E-state index contributed by atoms with van der Waals surface area (Å²) in [6.07, 6.45) is 6.29. The number of anilines is 3. The molecule has 0 bridgehead atoms. The molecular weight excluding hydrogens is 641 g/mol. The van der Waals surface area contributed by atoms with Gasteiger partial charge in [-0.3, -0.25) is 9.67 Å². The molecule has 48 heavy (non-hydrogen) atoms. The number of benzene rings is 1. The average Bonchev–Trinajstić information content (AvgIpc) is 3.44. The topological polar surface area (TPSA) is 140 Å². The first-order valence-electron chi connectivity index (χ1n) is 15.3. The fourth-order valence-electron chi connectivity index (χ4n) is 4.75. The van der Waals surface area contributed by atoms with Gasteiger partial charge in [0.1, 0.15) is 34.4 Å². The van der Waals surface area contributed by atoms with E-state index < -0.39 is 17.4 Å². The van der Waals surface area contributed by atoms with Gasteiger partial charge in [-0.1, -0.05) is 20.8 Å². The molecule has 3 amide bonds. The molecule has 1 aliphatic rings. The van der Waals surface area contributed by atoms with Crippen LogP contribution in [0.1, 0.15) is 47.4 Å². The number of piperazine rings is 1. The number of urea groups is 1. The maximum atomic E-state index is 15.1. The standard InChI is InChI=1S/C33H40FN9O4.ClH/c1-32(2,3)29-36-19-27(28(40-29)42-12-14-43(15-13-42)31(45)47-33(4,5)6)39-30(44)38-25-9-8-22(16-24(25)34)46-23-10-11-35-26(17-23)21-18-37-41(7)20-21;/h8-11,16-20H,12-15H2,1-7H3,(H2,38,39,44);1H. The Morgan fingerprint density at radius 3 is 2.21 bits per heavy atom. The molecule has 0 atom stereocenters. The fourth-order valence-corrected chi connectivity index (χ4v) is 4.75. The second-order valence-electron chi connectivity index (χ2n) is 13.2. The van der Waals surface area contributed by atoms with Gasteiger partial charge < -0.3 is 29.9 Å². The maximum Gasteiger partial charge on any atom is 0.410 e. The third kappa shape index (κ3) is 9.09. The highest BCUT2D eigenvalue weighted by molar-refractivity contribution is 6.01. The number of hydrogen-bond donors (Lipinski definition) is 2. The van der Waals surface area contributed by atoms with Gasteiger partial charge >= 0.3 is 12.1 Å². The van der Waals surface area contributed by atoms with E-state index in [2.05, 4.69) is 25.7 Å². The van der Waals surface area contributed by atoms with Gasteiger partial charge in [0.25, 0.3) is 0 Å². The molecule has 0 unspecified atom stereocenters. The highest BCUT2D eigenvalue weighted by Crippen LogP contribution is 2.30. The number of carbonyl (C=O) groups excluding carboxylic acids is 2. The van der Waals surface area contributed by atoms with Crippen molar-refractivity contribution in [2.24, 2.45) is 7.05 Å². The summed E-state index contributed by atoms with van der Waals surface area (Å²) >= 11 is 0. The molecule has 4 aromatic rings. The molecule has 15 heteroatoms. The number of hydrogen-bond acceptors (Lipinski definition) is 9. The molecule has 0 saturated carbocycles. The lowest BCUT2D eigenvalue weighted by atomic mass is 9.96. The first kappa shape index (κ1) is 35.9. The van der Waals surface area contributed by atoms with Crippen LogP contribution in [-0.2, 0) is 17.2 Å². The van der Waals surface area contributed by atoms with Crippen molar-refractivity contribution in [1.82, 2.24) is 29.6 Å². The normalized spacial score (nSPS) is 13.4. The average molecular weight is 682 g/mol. The molecule has 5 rings (SSSR count). The summed E-state index contributed by atoms with van der Waals surface area (Å²) in [5.41, 5.74) is 0.847. The molecule has 2 N–H and O–H groups in total. The van der Waals surface area contributed by atoms with Crippen LogP contribution in [0, 0.1) is 5.82 Å². The minimum atomic E-state index is -0.683. The summed E-state index contributed by atoms with van der Waals surface area (Å²) < 4.78 is 28.2. The Morgan fingerprint density at radius 2 is 1.58 bits per heavy atom. The number of nitrogens with one attached hydrogen (secondary N) is 2. The number of nitrogens with zero attached hydrogens (tertiary/aromatic N) is 7. The Labute approximate surface area is 285 Å². The van der Waals surface area contributed by atoms with Crippen LogP contribution in [0.5, 0.6) is 11.5 Å². The predicted octanol–water partition coefficient (Wildman–Crippen LogP) is 6.62. The van der Waals surface area contributed by atoms with E-state index in [1.807, 2.05) is 59.7 Å². The minimum absolute atomic E-state index is 0. The number of amides is 3. The van der Waals surface area contributed by atoms with Crippen LogP contribution in [0.2, 0.25) is 0 Å². The first-order chi connectivity index (χ1) is 22.1. The molecule has 1 saturated heterocycles. The molecule has 13 nitrogen and oxygen atoms in total. The summed E-state index contributed by atoms with van der Waals surface area (Å²) in [7, 11) is 1.81. The summed E-state index contributed by atoms with van der Waals surface area (Å²) in [5.74, 6) is 1.13. The predicted molar refractivity (Wildman–Crippen MR) is 184 cm³/mol. The second kappa shape index (κ2) is 14.4. The van der Waals surface area contributed by atoms with Crippen molar-refractivity contribution < 1.29 is 23.5 Å². The van der Waals surface area contributed by atoms with Crippen LogP contribution < -0.4 is 20.3 Å². The van der Waals surface area contributed by atoms with Crippen molar-refractivity contribution in [3.63, 3.8) is 0 Å². The van der Waals surface area contributed by atoms with E-state index in [0.29, 0.717) is 55.0 Å². The van der Waals surface area contributed by atoms with Gasteiger partial charge in [0.15, 0.2) is 5.82 Å². The van der Waals surface area contributed by atoms with E-state index in [4.69, 9.17) is 14.5 Å². The molecule has 1 aliphatic heterocycles. The Balaban J connectivity index is 0.00000520. The van der Waals surface area contributed by atoms with Crippen LogP contribution in [0.4, 0.5) is 31.2 Å². The molecule has 0 spiro atoms. The molecule has 0 radical (unpaired) electrons. The molecule has 1 fully saturated rings. The van der Waals surface area contributed by atoms with Crippen LogP contribution in [0.15, 0.2) is 55.1 Å². The van der Waals surface area contributed by atoms with Crippen LogP contribution in [-0.4, -0.2) is 73.5 Å². The lowest BCUT2D eigenvalue weighted by Gasteiger charge is -2.37. The molecule has 3 aromatic heterocycles. The van der Waals surface area contributed by atoms with E-state index in [0.717, 1.165) is 5.56 Å². The molecule has 256 valence electrons. The summed E-state index contributed by atoms with van der Waals surface area (Å²) in [6.45, 7) is 13.2. The van der Waals surface area contributed by atoms with Gasteiger partial charge in [-0.05, 0) is 39.0 Å². The first-order valence-corrected chi connectivity index (χ1v) is 15.3. The van der Waals surface area contributed by atoms with Crippen molar-refractivity contribution in [2.75, 3.05) is 41.7 Å².